The van der Waals surface area contributed by atoms with Gasteiger partial charge >= 0.3 is 17.9 Å². The second kappa shape index (κ2) is 23.1. The minimum absolute atomic E-state index is 0.0176. The van der Waals surface area contributed by atoms with Crippen LogP contribution in [0.25, 0.3) is 0 Å². The van der Waals surface area contributed by atoms with Crippen molar-refractivity contribution in [3.8, 4) is 0 Å². The van der Waals surface area contributed by atoms with E-state index < -0.39 is 11.9 Å². The SMILES string of the molecule is O=C(O)CCCCCCCCCC(CCCCCCCCCC(=O)O)OC(=O)CCCBr. The molecule has 0 saturated heterocycles. The molecular weight excluding hydrogens is 476 g/mol. The average Bonchev–Trinajstić information content (AvgIpc) is 2.74. The van der Waals surface area contributed by atoms with Crippen LogP contribution in [-0.2, 0) is 19.1 Å². The Morgan fingerprint density at radius 1 is 0.562 bits per heavy atom. The molecule has 0 saturated carbocycles. The Morgan fingerprint density at radius 2 is 0.938 bits per heavy atom. The number of aliphatic carboxylic acids is 2. The van der Waals surface area contributed by atoms with Crippen molar-refractivity contribution in [2.24, 2.45) is 0 Å². The summed E-state index contributed by atoms with van der Waals surface area (Å²) in [5.74, 6) is -1.51. The van der Waals surface area contributed by atoms with Gasteiger partial charge < -0.3 is 14.9 Å². The topological polar surface area (TPSA) is 101 Å². The fourth-order valence-electron chi connectivity index (χ4n) is 3.78. The van der Waals surface area contributed by atoms with Gasteiger partial charge in [-0.3, -0.25) is 14.4 Å². The van der Waals surface area contributed by atoms with Gasteiger partial charge in [0.2, 0.25) is 0 Å². The maximum absolute atomic E-state index is 12.1. The van der Waals surface area contributed by atoms with Crippen molar-refractivity contribution in [2.45, 2.75) is 135 Å². The number of rotatable bonds is 24. The molecule has 0 amide bonds. The van der Waals surface area contributed by atoms with Crippen molar-refractivity contribution < 1.29 is 29.3 Å². The third-order valence-electron chi connectivity index (χ3n) is 5.65. The number of carboxylic acid groups (broad SMARTS) is 2. The highest BCUT2D eigenvalue weighted by atomic mass is 79.9. The third-order valence-corrected chi connectivity index (χ3v) is 6.21. The second-order valence-electron chi connectivity index (χ2n) is 8.72. The summed E-state index contributed by atoms with van der Waals surface area (Å²) in [6, 6.07) is 0. The highest BCUT2D eigenvalue weighted by Crippen LogP contribution is 2.18. The molecule has 0 spiro atoms. The van der Waals surface area contributed by atoms with E-state index in [0.717, 1.165) is 114 Å². The van der Waals surface area contributed by atoms with E-state index in [2.05, 4.69) is 15.9 Å². The van der Waals surface area contributed by atoms with E-state index >= 15 is 0 Å². The Labute approximate surface area is 203 Å². The van der Waals surface area contributed by atoms with Crippen LogP contribution in [0.3, 0.4) is 0 Å². The highest BCUT2D eigenvalue weighted by molar-refractivity contribution is 9.09. The largest absolute Gasteiger partial charge is 0.481 e. The molecule has 0 aliphatic rings. The summed E-state index contributed by atoms with van der Waals surface area (Å²) in [7, 11) is 0. The molecule has 0 fully saturated rings. The van der Waals surface area contributed by atoms with Gasteiger partial charge in [0.25, 0.3) is 0 Å². The number of alkyl halides is 1. The molecule has 0 atom stereocenters. The lowest BCUT2D eigenvalue weighted by molar-refractivity contribution is -0.150. The van der Waals surface area contributed by atoms with Gasteiger partial charge in [0, 0.05) is 24.6 Å². The van der Waals surface area contributed by atoms with Gasteiger partial charge in [-0.05, 0) is 44.9 Å². The maximum atomic E-state index is 12.1. The van der Waals surface area contributed by atoms with Crippen molar-refractivity contribution in [3.05, 3.63) is 0 Å². The Morgan fingerprint density at radius 3 is 1.31 bits per heavy atom. The first-order valence-corrected chi connectivity index (χ1v) is 13.8. The van der Waals surface area contributed by atoms with Crippen LogP contribution in [-0.4, -0.2) is 39.6 Å². The van der Waals surface area contributed by atoms with Crippen LogP contribution in [0.15, 0.2) is 0 Å². The fraction of sp³-hybridized carbons (Fsp3) is 0.880. The molecule has 0 unspecified atom stereocenters. The number of halogens is 1. The molecule has 0 aliphatic heterocycles. The molecule has 0 aromatic heterocycles. The summed E-state index contributed by atoms with van der Waals surface area (Å²) in [5.41, 5.74) is 0. The Bertz CT molecular complexity index is 451. The van der Waals surface area contributed by atoms with E-state index in [-0.39, 0.29) is 24.9 Å². The van der Waals surface area contributed by atoms with Gasteiger partial charge in [0.05, 0.1) is 0 Å². The molecule has 0 radical (unpaired) electrons. The van der Waals surface area contributed by atoms with E-state index in [0.29, 0.717) is 6.42 Å². The Kier molecular flexibility index (Phi) is 22.3. The first kappa shape index (κ1) is 30.9. The number of carbonyl (C=O) groups is 3. The minimum atomic E-state index is -0.711. The summed E-state index contributed by atoms with van der Waals surface area (Å²) in [4.78, 5) is 33.1. The quantitative estimate of drug-likeness (QED) is 0.0787. The molecule has 32 heavy (non-hydrogen) atoms. The molecule has 2 N–H and O–H groups in total. The molecule has 0 heterocycles. The predicted octanol–water partition coefficient (Wildman–Crippen LogP) is 7.26. The number of esters is 1. The summed E-state index contributed by atoms with van der Waals surface area (Å²) in [6.45, 7) is 0. The van der Waals surface area contributed by atoms with E-state index in [9.17, 15) is 14.4 Å². The Balaban J connectivity index is 3.91. The number of hydrogen-bond donors (Lipinski definition) is 2. The maximum Gasteiger partial charge on any atom is 0.306 e. The van der Waals surface area contributed by atoms with Crippen LogP contribution in [0, 0.1) is 0 Å². The van der Waals surface area contributed by atoms with Crippen LogP contribution in [0.5, 0.6) is 0 Å². The zero-order valence-electron chi connectivity index (χ0n) is 19.8. The second-order valence-corrected chi connectivity index (χ2v) is 9.51. The summed E-state index contributed by atoms with van der Waals surface area (Å²) in [6.07, 6.45) is 18.3. The third kappa shape index (κ3) is 23.6. The fourth-order valence-corrected chi connectivity index (χ4v) is 4.06. The van der Waals surface area contributed by atoms with Crippen LogP contribution >= 0.6 is 15.9 Å². The molecule has 0 aromatic carbocycles. The first-order chi connectivity index (χ1) is 15.5. The van der Waals surface area contributed by atoms with Gasteiger partial charge in [-0.15, -0.1) is 0 Å². The lowest BCUT2D eigenvalue weighted by Gasteiger charge is -2.18. The predicted molar refractivity (Wildman–Crippen MR) is 131 cm³/mol. The molecule has 0 aliphatic carbocycles. The van der Waals surface area contributed by atoms with E-state index in [1.807, 2.05) is 0 Å². The zero-order chi connectivity index (χ0) is 23.9. The van der Waals surface area contributed by atoms with Gasteiger partial charge in [-0.1, -0.05) is 80.1 Å². The molecule has 6 nitrogen and oxygen atoms in total. The van der Waals surface area contributed by atoms with Gasteiger partial charge in [0.1, 0.15) is 6.10 Å². The van der Waals surface area contributed by atoms with Crippen molar-refractivity contribution in [1.29, 1.82) is 0 Å². The van der Waals surface area contributed by atoms with Gasteiger partial charge in [-0.2, -0.15) is 0 Å². The normalized spacial score (nSPS) is 11.1. The minimum Gasteiger partial charge on any atom is -0.481 e. The lowest BCUT2D eigenvalue weighted by Crippen LogP contribution is -2.18. The standard InChI is InChI=1S/C25H45BrO6/c26-21-15-20-25(31)32-22(16-11-7-3-1-5-9-13-18-23(27)28)17-12-8-4-2-6-10-14-19-24(29)30/h22H,1-21H2,(H,27,28)(H,29,30). The van der Waals surface area contributed by atoms with Crippen LogP contribution in [0.1, 0.15) is 128 Å². The molecule has 0 rings (SSSR count). The zero-order valence-corrected chi connectivity index (χ0v) is 21.4. The smallest absolute Gasteiger partial charge is 0.306 e. The number of carbonyl (C=O) groups excluding carboxylic acids is 1. The van der Waals surface area contributed by atoms with E-state index in [1.165, 1.54) is 0 Å². The van der Waals surface area contributed by atoms with Crippen LogP contribution < -0.4 is 0 Å². The van der Waals surface area contributed by atoms with Crippen molar-refractivity contribution >= 4 is 33.8 Å². The van der Waals surface area contributed by atoms with Crippen LogP contribution in [0.4, 0.5) is 0 Å². The number of ether oxygens (including phenoxy) is 1. The Hall–Kier alpha value is -1.11. The molecule has 0 bridgehead atoms. The number of carboxylic acids is 2. The van der Waals surface area contributed by atoms with E-state index in [1.54, 1.807) is 0 Å². The van der Waals surface area contributed by atoms with Crippen LogP contribution in [0.2, 0.25) is 0 Å². The summed E-state index contributed by atoms with van der Waals surface area (Å²) in [5, 5.41) is 18.1. The molecule has 188 valence electrons. The van der Waals surface area contributed by atoms with E-state index in [4.69, 9.17) is 14.9 Å². The van der Waals surface area contributed by atoms with Gasteiger partial charge in [-0.25, -0.2) is 0 Å². The number of hydrogen-bond acceptors (Lipinski definition) is 4. The highest BCUT2D eigenvalue weighted by Gasteiger charge is 2.14. The summed E-state index contributed by atoms with van der Waals surface area (Å²) < 4.78 is 5.75. The molecule has 7 heteroatoms. The number of unbranched alkanes of at least 4 members (excludes halogenated alkanes) is 12. The van der Waals surface area contributed by atoms with Crippen molar-refractivity contribution in [3.63, 3.8) is 0 Å². The molecular formula is C25H45BrO6. The molecule has 0 aromatic rings. The van der Waals surface area contributed by atoms with Crippen molar-refractivity contribution in [2.75, 3.05) is 5.33 Å². The van der Waals surface area contributed by atoms with Gasteiger partial charge in [0.15, 0.2) is 0 Å². The summed E-state index contributed by atoms with van der Waals surface area (Å²) >= 11 is 3.36. The lowest BCUT2D eigenvalue weighted by atomic mass is 10.0. The first-order valence-electron chi connectivity index (χ1n) is 12.6. The monoisotopic (exact) mass is 520 g/mol. The average molecular weight is 522 g/mol. The van der Waals surface area contributed by atoms with Crippen molar-refractivity contribution in [1.82, 2.24) is 0 Å².